The Kier molecular flexibility index (Phi) is 4.28. The van der Waals surface area contributed by atoms with Gasteiger partial charge >= 0.3 is 0 Å². The van der Waals surface area contributed by atoms with Gasteiger partial charge in [0, 0.05) is 16.6 Å². The molecule has 1 aromatic carbocycles. The zero-order valence-corrected chi connectivity index (χ0v) is 13.4. The van der Waals surface area contributed by atoms with Gasteiger partial charge in [0.15, 0.2) is 0 Å². The maximum Gasteiger partial charge on any atom is 0.0328 e. The van der Waals surface area contributed by atoms with Gasteiger partial charge in [-0.05, 0) is 54.9 Å². The first-order valence-electron chi connectivity index (χ1n) is 7.80. The van der Waals surface area contributed by atoms with Gasteiger partial charge in [-0.3, -0.25) is 0 Å². The molecule has 2 aliphatic rings. The van der Waals surface area contributed by atoms with Crippen molar-refractivity contribution in [1.82, 2.24) is 5.32 Å². The second-order valence-corrected chi connectivity index (χ2v) is 7.15. The van der Waals surface area contributed by atoms with Gasteiger partial charge in [-0.25, -0.2) is 0 Å². The fraction of sp³-hybridized carbons (Fsp3) is 0.647. The van der Waals surface area contributed by atoms with Crippen LogP contribution in [0.15, 0.2) is 22.7 Å². The molecule has 19 heavy (non-hydrogen) atoms. The number of rotatable bonds is 3. The normalized spacial score (nSPS) is 30.3. The van der Waals surface area contributed by atoms with E-state index in [2.05, 4.69) is 46.4 Å². The summed E-state index contributed by atoms with van der Waals surface area (Å²) in [6, 6.07) is 8.15. The Bertz CT molecular complexity index is 443. The quantitative estimate of drug-likeness (QED) is 0.826. The van der Waals surface area contributed by atoms with Crippen LogP contribution in [0.5, 0.6) is 0 Å². The Morgan fingerprint density at radius 2 is 2.16 bits per heavy atom. The summed E-state index contributed by atoms with van der Waals surface area (Å²) in [5, 5.41) is 3.94. The molecule has 0 aromatic heterocycles. The summed E-state index contributed by atoms with van der Waals surface area (Å²) in [6.07, 6.45) is 9.48. The smallest absolute Gasteiger partial charge is 0.0328 e. The lowest BCUT2D eigenvalue weighted by molar-refractivity contribution is 0.261. The molecule has 0 radical (unpaired) electrons. The number of nitrogens with one attached hydrogen (secondary N) is 1. The second-order valence-electron chi connectivity index (χ2n) is 6.24. The van der Waals surface area contributed by atoms with Gasteiger partial charge in [-0.15, -0.1) is 0 Å². The van der Waals surface area contributed by atoms with E-state index >= 15 is 0 Å². The zero-order chi connectivity index (χ0) is 13.2. The van der Waals surface area contributed by atoms with Crippen LogP contribution in [0.3, 0.4) is 0 Å². The van der Waals surface area contributed by atoms with Crippen LogP contribution in [0.4, 0.5) is 0 Å². The average molecular weight is 322 g/mol. The third kappa shape index (κ3) is 3.05. The molecule has 3 rings (SSSR count). The van der Waals surface area contributed by atoms with Crippen LogP contribution >= 0.6 is 15.9 Å². The van der Waals surface area contributed by atoms with E-state index in [0.29, 0.717) is 6.04 Å². The fourth-order valence-electron chi connectivity index (χ4n) is 3.86. The first kappa shape index (κ1) is 13.6. The molecule has 2 aliphatic carbocycles. The molecule has 1 fully saturated rings. The molecule has 1 nitrogen and oxygen atoms in total. The molecule has 1 aromatic rings. The summed E-state index contributed by atoms with van der Waals surface area (Å²) in [5.41, 5.74) is 3.08. The Hall–Kier alpha value is -0.340. The molecule has 3 unspecified atom stereocenters. The average Bonchev–Trinajstić information content (AvgIpc) is 2.81. The van der Waals surface area contributed by atoms with E-state index in [9.17, 15) is 0 Å². The van der Waals surface area contributed by atoms with E-state index in [0.717, 1.165) is 12.0 Å². The molecule has 0 amide bonds. The van der Waals surface area contributed by atoms with E-state index < -0.39 is 0 Å². The Balaban J connectivity index is 1.66. The summed E-state index contributed by atoms with van der Waals surface area (Å²) in [4.78, 5) is 0. The summed E-state index contributed by atoms with van der Waals surface area (Å²) in [5.74, 6) is 0.956. The molecule has 2 heteroatoms. The monoisotopic (exact) mass is 321 g/mol. The minimum atomic E-state index is 0.601. The lowest BCUT2D eigenvalue weighted by Crippen LogP contribution is -2.36. The molecule has 3 atom stereocenters. The van der Waals surface area contributed by atoms with E-state index in [1.807, 2.05) is 0 Å². The number of halogens is 1. The third-order valence-electron chi connectivity index (χ3n) is 4.98. The molecule has 0 spiro atoms. The van der Waals surface area contributed by atoms with Gasteiger partial charge in [0.05, 0.1) is 0 Å². The highest BCUT2D eigenvalue weighted by Gasteiger charge is 2.27. The molecule has 0 heterocycles. The number of aryl methyl sites for hydroxylation is 1. The van der Waals surface area contributed by atoms with Crippen LogP contribution in [0.1, 0.15) is 62.6 Å². The molecular weight excluding hydrogens is 298 g/mol. The van der Waals surface area contributed by atoms with Crippen molar-refractivity contribution in [2.75, 3.05) is 0 Å². The van der Waals surface area contributed by atoms with Crippen LogP contribution in [0, 0.1) is 5.92 Å². The largest absolute Gasteiger partial charge is 0.307 e. The SMILES string of the molecule is CCC1CCCC(NC2CCc3cc(Br)ccc32)C1. The van der Waals surface area contributed by atoms with Crippen molar-refractivity contribution in [2.24, 2.45) is 5.92 Å². The highest BCUT2D eigenvalue weighted by molar-refractivity contribution is 9.10. The summed E-state index contributed by atoms with van der Waals surface area (Å²) in [7, 11) is 0. The van der Waals surface area contributed by atoms with Crippen molar-refractivity contribution < 1.29 is 0 Å². The molecular formula is C17H24BrN. The maximum atomic E-state index is 3.94. The topological polar surface area (TPSA) is 12.0 Å². The molecule has 1 N–H and O–H groups in total. The summed E-state index contributed by atoms with van der Waals surface area (Å²) in [6.45, 7) is 2.34. The lowest BCUT2D eigenvalue weighted by Gasteiger charge is -2.31. The number of hydrogen-bond acceptors (Lipinski definition) is 1. The molecule has 0 aliphatic heterocycles. The van der Waals surface area contributed by atoms with Crippen molar-refractivity contribution >= 4 is 15.9 Å². The highest BCUT2D eigenvalue weighted by atomic mass is 79.9. The van der Waals surface area contributed by atoms with Crippen molar-refractivity contribution in [3.05, 3.63) is 33.8 Å². The number of hydrogen-bond donors (Lipinski definition) is 1. The van der Waals surface area contributed by atoms with Crippen LogP contribution in [-0.2, 0) is 6.42 Å². The van der Waals surface area contributed by atoms with Gasteiger partial charge in [0.1, 0.15) is 0 Å². The van der Waals surface area contributed by atoms with Crippen molar-refractivity contribution in [1.29, 1.82) is 0 Å². The first-order valence-corrected chi connectivity index (χ1v) is 8.60. The van der Waals surface area contributed by atoms with Crippen molar-refractivity contribution in [3.63, 3.8) is 0 Å². The van der Waals surface area contributed by atoms with Crippen molar-refractivity contribution in [2.45, 2.75) is 64.0 Å². The predicted octanol–water partition coefficient (Wildman–Crippen LogP) is 4.99. The summed E-state index contributed by atoms with van der Waals surface area (Å²) < 4.78 is 1.22. The Morgan fingerprint density at radius 3 is 3.00 bits per heavy atom. The molecule has 1 saturated carbocycles. The minimum Gasteiger partial charge on any atom is -0.307 e. The summed E-state index contributed by atoms with van der Waals surface area (Å²) >= 11 is 3.58. The third-order valence-corrected chi connectivity index (χ3v) is 5.47. The van der Waals surface area contributed by atoms with E-state index in [1.165, 1.54) is 55.0 Å². The zero-order valence-electron chi connectivity index (χ0n) is 11.8. The highest BCUT2D eigenvalue weighted by Crippen LogP contribution is 2.35. The second kappa shape index (κ2) is 5.97. The maximum absolute atomic E-state index is 3.94. The van der Waals surface area contributed by atoms with E-state index in [4.69, 9.17) is 0 Å². The minimum absolute atomic E-state index is 0.601. The van der Waals surface area contributed by atoms with Gasteiger partial charge < -0.3 is 5.32 Å². The molecule has 104 valence electrons. The van der Waals surface area contributed by atoms with Crippen LogP contribution in [0.25, 0.3) is 0 Å². The van der Waals surface area contributed by atoms with Crippen molar-refractivity contribution in [3.8, 4) is 0 Å². The number of benzene rings is 1. The van der Waals surface area contributed by atoms with Gasteiger partial charge in [-0.1, -0.05) is 48.2 Å². The van der Waals surface area contributed by atoms with Gasteiger partial charge in [0.25, 0.3) is 0 Å². The van der Waals surface area contributed by atoms with Crippen LogP contribution in [0.2, 0.25) is 0 Å². The van der Waals surface area contributed by atoms with Crippen LogP contribution in [-0.4, -0.2) is 6.04 Å². The fourth-order valence-corrected chi connectivity index (χ4v) is 4.27. The number of fused-ring (bicyclic) bond motifs is 1. The van der Waals surface area contributed by atoms with Gasteiger partial charge in [0.2, 0.25) is 0 Å². The van der Waals surface area contributed by atoms with E-state index in [-0.39, 0.29) is 0 Å². The first-order chi connectivity index (χ1) is 9.26. The standard InChI is InChI=1S/C17H24BrN/c1-2-12-4-3-5-15(10-12)19-17-9-6-13-11-14(18)7-8-16(13)17/h7-8,11-12,15,17,19H,2-6,9-10H2,1H3. The Morgan fingerprint density at radius 1 is 1.26 bits per heavy atom. The molecule has 0 bridgehead atoms. The predicted molar refractivity (Wildman–Crippen MR) is 84.4 cm³/mol. The van der Waals surface area contributed by atoms with Gasteiger partial charge in [-0.2, -0.15) is 0 Å². The lowest BCUT2D eigenvalue weighted by atomic mass is 9.84. The van der Waals surface area contributed by atoms with E-state index in [1.54, 1.807) is 5.56 Å². The van der Waals surface area contributed by atoms with Crippen LogP contribution < -0.4 is 5.32 Å². The Labute approximate surface area is 125 Å². The molecule has 0 saturated heterocycles.